The zero-order valence-corrected chi connectivity index (χ0v) is 20.8. The SMILES string of the molecule is CCN(CCCNC(=NCc1nnc(C)n1C)NC1CCCC1)c1ccccc1.I. The molecule has 1 heterocycles. The van der Waals surface area contributed by atoms with Gasteiger partial charge >= 0.3 is 0 Å². The fourth-order valence-electron chi connectivity index (χ4n) is 3.74. The number of benzene rings is 1. The third kappa shape index (κ3) is 7.14. The Labute approximate surface area is 197 Å². The van der Waals surface area contributed by atoms with Crippen molar-refractivity contribution >= 4 is 35.6 Å². The first-order chi connectivity index (χ1) is 14.2. The Kier molecular flexibility index (Phi) is 10.4. The number of guanidine groups is 1. The predicted molar refractivity (Wildman–Crippen MR) is 135 cm³/mol. The zero-order valence-electron chi connectivity index (χ0n) is 18.5. The first kappa shape index (κ1) is 24.4. The highest BCUT2D eigenvalue weighted by Gasteiger charge is 2.16. The van der Waals surface area contributed by atoms with Crippen LogP contribution in [-0.4, -0.2) is 46.4 Å². The summed E-state index contributed by atoms with van der Waals surface area (Å²) in [6.07, 6.45) is 6.10. The van der Waals surface area contributed by atoms with Crippen molar-refractivity contribution in [1.82, 2.24) is 25.4 Å². The first-order valence-electron chi connectivity index (χ1n) is 10.9. The lowest BCUT2D eigenvalue weighted by atomic mass is 10.2. The Morgan fingerprint density at radius 3 is 2.57 bits per heavy atom. The summed E-state index contributed by atoms with van der Waals surface area (Å²) in [4.78, 5) is 7.19. The molecule has 1 aliphatic rings. The Morgan fingerprint density at radius 1 is 1.20 bits per heavy atom. The number of aliphatic imine (C=N–C) groups is 1. The van der Waals surface area contributed by atoms with Crippen LogP contribution in [0.25, 0.3) is 0 Å². The molecule has 1 aliphatic carbocycles. The molecule has 0 atom stereocenters. The van der Waals surface area contributed by atoms with Gasteiger partial charge in [0.05, 0.1) is 0 Å². The van der Waals surface area contributed by atoms with Crippen LogP contribution in [0.1, 0.15) is 50.7 Å². The molecule has 0 bridgehead atoms. The number of hydrogen-bond donors (Lipinski definition) is 2. The lowest BCUT2D eigenvalue weighted by Crippen LogP contribution is -2.43. The molecule has 0 radical (unpaired) electrons. The summed E-state index contributed by atoms with van der Waals surface area (Å²) in [5, 5.41) is 15.5. The Hall–Kier alpha value is -1.84. The first-order valence-corrected chi connectivity index (χ1v) is 10.9. The second-order valence-electron chi connectivity index (χ2n) is 7.71. The minimum absolute atomic E-state index is 0. The summed E-state index contributed by atoms with van der Waals surface area (Å²) in [6, 6.07) is 11.1. The van der Waals surface area contributed by atoms with E-state index in [1.807, 2.05) is 18.5 Å². The van der Waals surface area contributed by atoms with E-state index in [2.05, 4.69) is 63.0 Å². The maximum atomic E-state index is 4.78. The quantitative estimate of drug-likeness (QED) is 0.227. The molecule has 0 saturated heterocycles. The molecule has 1 fully saturated rings. The highest BCUT2D eigenvalue weighted by molar-refractivity contribution is 14.0. The van der Waals surface area contributed by atoms with Crippen LogP contribution in [0.5, 0.6) is 0 Å². The Balaban J connectivity index is 0.00000320. The molecule has 1 aromatic heterocycles. The van der Waals surface area contributed by atoms with Crippen molar-refractivity contribution in [2.24, 2.45) is 12.0 Å². The summed E-state index contributed by atoms with van der Waals surface area (Å²) in [7, 11) is 1.99. The molecule has 3 rings (SSSR count). The molecule has 7 nitrogen and oxygen atoms in total. The van der Waals surface area contributed by atoms with Gasteiger partial charge in [-0.1, -0.05) is 31.0 Å². The van der Waals surface area contributed by atoms with Crippen LogP contribution in [-0.2, 0) is 13.6 Å². The molecular formula is C22H36IN7. The largest absolute Gasteiger partial charge is 0.372 e. The zero-order chi connectivity index (χ0) is 20.5. The van der Waals surface area contributed by atoms with E-state index >= 15 is 0 Å². The molecule has 166 valence electrons. The molecule has 2 N–H and O–H groups in total. The monoisotopic (exact) mass is 525 g/mol. The molecule has 0 unspecified atom stereocenters. The minimum Gasteiger partial charge on any atom is -0.372 e. The third-order valence-corrected chi connectivity index (χ3v) is 5.66. The average molecular weight is 525 g/mol. The van der Waals surface area contributed by atoms with Crippen molar-refractivity contribution < 1.29 is 0 Å². The smallest absolute Gasteiger partial charge is 0.191 e. The molecule has 2 aromatic rings. The van der Waals surface area contributed by atoms with E-state index in [9.17, 15) is 0 Å². The predicted octanol–water partition coefficient (Wildman–Crippen LogP) is 3.64. The summed E-state index contributed by atoms with van der Waals surface area (Å²) >= 11 is 0. The van der Waals surface area contributed by atoms with E-state index in [-0.39, 0.29) is 24.0 Å². The van der Waals surface area contributed by atoms with Crippen molar-refractivity contribution in [3.05, 3.63) is 42.0 Å². The van der Waals surface area contributed by atoms with Crippen LogP contribution < -0.4 is 15.5 Å². The molecule has 0 spiro atoms. The lowest BCUT2D eigenvalue weighted by Gasteiger charge is -2.23. The van der Waals surface area contributed by atoms with Crippen LogP contribution in [0.3, 0.4) is 0 Å². The molecule has 0 aliphatic heterocycles. The van der Waals surface area contributed by atoms with Gasteiger partial charge in [-0.05, 0) is 45.2 Å². The molecular weight excluding hydrogens is 489 g/mol. The molecule has 8 heteroatoms. The standard InChI is InChI=1S/C22H35N7.HI/c1-4-29(20-13-6-5-7-14-20)16-10-15-23-22(25-19-11-8-9-12-19)24-17-21-27-26-18(2)28(21)3;/h5-7,13-14,19H,4,8-12,15-17H2,1-3H3,(H2,23,24,25);1H. The van der Waals surface area contributed by atoms with Crippen molar-refractivity contribution in [2.75, 3.05) is 24.5 Å². The summed E-state index contributed by atoms with van der Waals surface area (Å²) in [6.45, 7) is 7.62. The van der Waals surface area contributed by atoms with Gasteiger partial charge in [-0.25, -0.2) is 4.99 Å². The van der Waals surface area contributed by atoms with E-state index in [0.29, 0.717) is 12.6 Å². The van der Waals surface area contributed by atoms with Gasteiger partial charge in [0.15, 0.2) is 11.8 Å². The summed E-state index contributed by atoms with van der Waals surface area (Å²) < 4.78 is 2.00. The van der Waals surface area contributed by atoms with Crippen molar-refractivity contribution in [2.45, 2.75) is 58.5 Å². The average Bonchev–Trinajstić information content (AvgIpc) is 3.37. The number of nitrogens with one attached hydrogen (secondary N) is 2. The minimum atomic E-state index is 0. The normalized spacial score (nSPS) is 14.4. The highest BCUT2D eigenvalue weighted by atomic mass is 127. The van der Waals surface area contributed by atoms with Gasteiger partial charge in [-0.3, -0.25) is 0 Å². The van der Waals surface area contributed by atoms with Gasteiger partial charge < -0.3 is 20.1 Å². The van der Waals surface area contributed by atoms with Gasteiger partial charge in [0, 0.05) is 38.4 Å². The molecule has 30 heavy (non-hydrogen) atoms. The van der Waals surface area contributed by atoms with E-state index in [1.165, 1.54) is 31.4 Å². The maximum absolute atomic E-state index is 4.78. The maximum Gasteiger partial charge on any atom is 0.191 e. The van der Waals surface area contributed by atoms with Gasteiger partial charge in [-0.15, -0.1) is 34.2 Å². The summed E-state index contributed by atoms with van der Waals surface area (Å²) in [5.74, 6) is 2.69. The summed E-state index contributed by atoms with van der Waals surface area (Å²) in [5.41, 5.74) is 1.28. The van der Waals surface area contributed by atoms with E-state index in [4.69, 9.17) is 4.99 Å². The number of nitrogens with zero attached hydrogens (tertiary/aromatic N) is 5. The van der Waals surface area contributed by atoms with Crippen LogP contribution >= 0.6 is 24.0 Å². The number of aromatic nitrogens is 3. The van der Waals surface area contributed by atoms with Crippen LogP contribution in [0, 0.1) is 6.92 Å². The number of aryl methyl sites for hydroxylation is 1. The number of para-hydroxylation sites is 1. The second kappa shape index (κ2) is 12.8. The van der Waals surface area contributed by atoms with E-state index in [0.717, 1.165) is 43.7 Å². The van der Waals surface area contributed by atoms with E-state index in [1.54, 1.807) is 0 Å². The highest BCUT2D eigenvalue weighted by Crippen LogP contribution is 2.17. The fraction of sp³-hybridized carbons (Fsp3) is 0.591. The van der Waals surface area contributed by atoms with Crippen molar-refractivity contribution in [3.8, 4) is 0 Å². The number of rotatable bonds is 9. The number of anilines is 1. The van der Waals surface area contributed by atoms with Gasteiger partial charge in [0.1, 0.15) is 12.4 Å². The van der Waals surface area contributed by atoms with Gasteiger partial charge in [0.25, 0.3) is 0 Å². The Bertz CT molecular complexity index is 769. The molecule has 1 saturated carbocycles. The van der Waals surface area contributed by atoms with Crippen LogP contribution in [0.4, 0.5) is 5.69 Å². The Morgan fingerprint density at radius 2 is 1.93 bits per heavy atom. The van der Waals surface area contributed by atoms with E-state index < -0.39 is 0 Å². The van der Waals surface area contributed by atoms with Gasteiger partial charge in [0.2, 0.25) is 0 Å². The molecule has 0 amide bonds. The van der Waals surface area contributed by atoms with Crippen molar-refractivity contribution in [1.29, 1.82) is 0 Å². The second-order valence-corrected chi connectivity index (χ2v) is 7.71. The third-order valence-electron chi connectivity index (χ3n) is 5.66. The topological polar surface area (TPSA) is 70.4 Å². The number of halogens is 1. The van der Waals surface area contributed by atoms with Crippen molar-refractivity contribution in [3.63, 3.8) is 0 Å². The lowest BCUT2D eigenvalue weighted by molar-refractivity contribution is 0.606. The van der Waals surface area contributed by atoms with Crippen LogP contribution in [0.15, 0.2) is 35.3 Å². The molecule has 1 aromatic carbocycles. The number of hydrogen-bond acceptors (Lipinski definition) is 4. The fourth-order valence-corrected chi connectivity index (χ4v) is 3.74. The van der Waals surface area contributed by atoms with Gasteiger partial charge in [-0.2, -0.15) is 0 Å². The van der Waals surface area contributed by atoms with Crippen LogP contribution in [0.2, 0.25) is 0 Å².